The van der Waals surface area contributed by atoms with E-state index in [9.17, 15) is 4.79 Å². The van der Waals surface area contributed by atoms with E-state index in [1.807, 2.05) is 0 Å². The SMILES string of the molecule is CCc1cc2c(SCCCOc3ccc(C(=O)O)cc3)ncnc2s1. The molecule has 7 heteroatoms. The third kappa shape index (κ3) is 4.49. The van der Waals surface area contributed by atoms with Gasteiger partial charge in [-0.3, -0.25) is 0 Å². The molecular weight excluding hydrogens is 356 g/mol. The van der Waals surface area contributed by atoms with Gasteiger partial charge in [-0.2, -0.15) is 0 Å². The number of aromatic carboxylic acids is 1. The van der Waals surface area contributed by atoms with E-state index in [1.165, 1.54) is 4.88 Å². The molecule has 3 rings (SSSR count). The second-order valence-corrected chi connectivity index (χ2v) is 7.54. The lowest BCUT2D eigenvalue weighted by Gasteiger charge is -2.06. The number of ether oxygens (including phenoxy) is 1. The van der Waals surface area contributed by atoms with E-state index >= 15 is 0 Å². The Kier molecular flexibility index (Phi) is 5.88. The predicted molar refractivity (Wildman–Crippen MR) is 101 cm³/mol. The molecule has 0 saturated carbocycles. The van der Waals surface area contributed by atoms with Crippen LogP contribution in [-0.2, 0) is 6.42 Å². The van der Waals surface area contributed by atoms with Crippen molar-refractivity contribution in [3.8, 4) is 5.75 Å². The summed E-state index contributed by atoms with van der Waals surface area (Å²) < 4.78 is 5.65. The van der Waals surface area contributed by atoms with Crippen LogP contribution >= 0.6 is 23.1 Å². The Morgan fingerprint density at radius 1 is 1.28 bits per heavy atom. The minimum Gasteiger partial charge on any atom is -0.494 e. The molecule has 0 unspecified atom stereocenters. The van der Waals surface area contributed by atoms with Crippen molar-refractivity contribution in [2.75, 3.05) is 12.4 Å². The average Bonchev–Trinajstić information content (AvgIpc) is 3.06. The summed E-state index contributed by atoms with van der Waals surface area (Å²) in [6.45, 7) is 2.72. The second kappa shape index (κ2) is 8.31. The summed E-state index contributed by atoms with van der Waals surface area (Å²) in [5.74, 6) is 0.653. The van der Waals surface area contributed by atoms with Crippen molar-refractivity contribution in [2.24, 2.45) is 0 Å². The lowest BCUT2D eigenvalue weighted by atomic mass is 10.2. The molecule has 0 aliphatic rings. The lowest BCUT2D eigenvalue weighted by molar-refractivity contribution is 0.0697. The zero-order valence-electron chi connectivity index (χ0n) is 13.8. The summed E-state index contributed by atoms with van der Waals surface area (Å²) in [6, 6.07) is 8.64. The third-order valence-electron chi connectivity index (χ3n) is 3.59. The first-order valence-corrected chi connectivity index (χ1v) is 9.80. The topological polar surface area (TPSA) is 72.3 Å². The van der Waals surface area contributed by atoms with E-state index in [1.54, 1.807) is 53.7 Å². The number of carboxylic acid groups (broad SMARTS) is 1. The summed E-state index contributed by atoms with van der Waals surface area (Å²) >= 11 is 3.44. The zero-order chi connectivity index (χ0) is 17.6. The second-order valence-electron chi connectivity index (χ2n) is 5.34. The van der Waals surface area contributed by atoms with Gasteiger partial charge >= 0.3 is 5.97 Å². The van der Waals surface area contributed by atoms with Crippen LogP contribution in [0.3, 0.4) is 0 Å². The number of hydrogen-bond acceptors (Lipinski definition) is 6. The largest absolute Gasteiger partial charge is 0.494 e. The van der Waals surface area contributed by atoms with Crippen molar-refractivity contribution in [3.63, 3.8) is 0 Å². The van der Waals surface area contributed by atoms with Gasteiger partial charge in [-0.05, 0) is 43.2 Å². The lowest BCUT2D eigenvalue weighted by Crippen LogP contribution is -2.00. The zero-order valence-corrected chi connectivity index (χ0v) is 15.4. The number of benzene rings is 1. The van der Waals surface area contributed by atoms with Gasteiger partial charge in [-0.25, -0.2) is 14.8 Å². The highest BCUT2D eigenvalue weighted by atomic mass is 32.2. The first kappa shape index (κ1) is 17.7. The highest BCUT2D eigenvalue weighted by Crippen LogP contribution is 2.31. The maximum Gasteiger partial charge on any atom is 0.335 e. The van der Waals surface area contributed by atoms with E-state index in [2.05, 4.69) is 23.0 Å². The minimum absolute atomic E-state index is 0.262. The Labute approximate surface area is 154 Å². The number of thioether (sulfide) groups is 1. The van der Waals surface area contributed by atoms with Gasteiger partial charge in [0.25, 0.3) is 0 Å². The van der Waals surface area contributed by atoms with Crippen LogP contribution in [0, 0.1) is 0 Å². The van der Waals surface area contributed by atoms with E-state index in [-0.39, 0.29) is 5.56 Å². The molecule has 2 heterocycles. The quantitative estimate of drug-likeness (QED) is 0.355. The molecule has 0 amide bonds. The Morgan fingerprint density at radius 2 is 2.08 bits per heavy atom. The van der Waals surface area contributed by atoms with Crippen molar-refractivity contribution in [3.05, 3.63) is 47.1 Å². The van der Waals surface area contributed by atoms with E-state index < -0.39 is 5.97 Å². The minimum atomic E-state index is -0.932. The molecule has 0 atom stereocenters. The van der Waals surface area contributed by atoms with Gasteiger partial charge < -0.3 is 9.84 Å². The average molecular weight is 374 g/mol. The number of rotatable bonds is 8. The van der Waals surface area contributed by atoms with Crippen LogP contribution < -0.4 is 4.74 Å². The smallest absolute Gasteiger partial charge is 0.335 e. The van der Waals surface area contributed by atoms with Crippen LogP contribution in [0.5, 0.6) is 5.75 Å². The van der Waals surface area contributed by atoms with Gasteiger partial charge in [-0.1, -0.05) is 6.92 Å². The summed E-state index contributed by atoms with van der Waals surface area (Å²) in [4.78, 5) is 21.9. The van der Waals surface area contributed by atoms with Gasteiger partial charge in [0, 0.05) is 16.0 Å². The fourth-order valence-electron chi connectivity index (χ4n) is 2.28. The van der Waals surface area contributed by atoms with Crippen LogP contribution in [0.25, 0.3) is 10.2 Å². The van der Waals surface area contributed by atoms with Crippen molar-refractivity contribution in [1.29, 1.82) is 0 Å². The third-order valence-corrected chi connectivity index (χ3v) is 5.87. The molecule has 0 aliphatic carbocycles. The number of nitrogens with zero attached hydrogens (tertiary/aromatic N) is 2. The maximum absolute atomic E-state index is 10.8. The van der Waals surface area contributed by atoms with Crippen molar-refractivity contribution in [1.82, 2.24) is 9.97 Å². The fraction of sp³-hybridized carbons (Fsp3) is 0.278. The summed E-state index contributed by atoms with van der Waals surface area (Å²) in [5.41, 5.74) is 0.262. The number of carboxylic acids is 1. The molecule has 130 valence electrons. The summed E-state index contributed by atoms with van der Waals surface area (Å²) in [6.07, 6.45) is 3.52. The molecule has 0 bridgehead atoms. The Morgan fingerprint density at radius 3 is 2.80 bits per heavy atom. The number of carbonyl (C=O) groups is 1. The van der Waals surface area contributed by atoms with Crippen molar-refractivity contribution in [2.45, 2.75) is 24.8 Å². The number of aromatic nitrogens is 2. The van der Waals surface area contributed by atoms with Crippen molar-refractivity contribution < 1.29 is 14.6 Å². The summed E-state index contributed by atoms with van der Waals surface area (Å²) in [5, 5.41) is 11.0. The van der Waals surface area contributed by atoms with Crippen LogP contribution in [0.4, 0.5) is 0 Å². The first-order chi connectivity index (χ1) is 12.2. The standard InChI is InChI=1S/C18H18N2O3S2/c1-2-14-10-15-16(19-11-20-17(15)25-14)24-9-3-8-23-13-6-4-12(5-7-13)18(21)22/h4-7,10-11H,2-3,8-9H2,1H3,(H,21,22). The van der Waals surface area contributed by atoms with Crippen LogP contribution in [0.1, 0.15) is 28.6 Å². The molecule has 0 spiro atoms. The number of hydrogen-bond donors (Lipinski definition) is 1. The molecule has 3 aromatic rings. The number of fused-ring (bicyclic) bond motifs is 1. The number of thiophene rings is 1. The van der Waals surface area contributed by atoms with Gasteiger partial charge in [0.2, 0.25) is 0 Å². The molecule has 25 heavy (non-hydrogen) atoms. The van der Waals surface area contributed by atoms with Crippen LogP contribution in [0.15, 0.2) is 41.7 Å². The van der Waals surface area contributed by atoms with Gasteiger partial charge in [-0.15, -0.1) is 23.1 Å². The van der Waals surface area contributed by atoms with Crippen molar-refractivity contribution >= 4 is 39.3 Å². The van der Waals surface area contributed by atoms with Crippen LogP contribution in [0.2, 0.25) is 0 Å². The van der Waals surface area contributed by atoms with Crippen LogP contribution in [-0.4, -0.2) is 33.4 Å². The van der Waals surface area contributed by atoms with E-state index in [4.69, 9.17) is 9.84 Å². The Hall–Kier alpha value is -2.12. The highest BCUT2D eigenvalue weighted by molar-refractivity contribution is 7.99. The maximum atomic E-state index is 10.8. The number of aryl methyl sites for hydroxylation is 1. The molecule has 2 aromatic heterocycles. The normalized spacial score (nSPS) is 10.9. The van der Waals surface area contributed by atoms with Gasteiger partial charge in [0.15, 0.2) is 0 Å². The molecule has 1 aromatic carbocycles. The van der Waals surface area contributed by atoms with Gasteiger partial charge in [0.1, 0.15) is 21.9 Å². The molecule has 0 radical (unpaired) electrons. The van der Waals surface area contributed by atoms with Gasteiger partial charge in [0.05, 0.1) is 12.2 Å². The highest BCUT2D eigenvalue weighted by Gasteiger charge is 2.08. The molecular formula is C18H18N2O3S2. The molecule has 0 aliphatic heterocycles. The Bertz CT molecular complexity index is 862. The Balaban J connectivity index is 1.48. The fourth-order valence-corrected chi connectivity index (χ4v) is 4.17. The van der Waals surface area contributed by atoms with E-state index in [0.717, 1.165) is 33.8 Å². The molecule has 5 nitrogen and oxygen atoms in total. The first-order valence-electron chi connectivity index (χ1n) is 7.99. The molecule has 0 saturated heterocycles. The van der Waals surface area contributed by atoms with E-state index in [0.29, 0.717) is 12.4 Å². The molecule has 1 N–H and O–H groups in total. The predicted octanol–water partition coefficient (Wildman–Crippen LogP) is 4.51. The monoisotopic (exact) mass is 374 g/mol. The molecule has 0 fully saturated rings. The summed E-state index contributed by atoms with van der Waals surface area (Å²) in [7, 11) is 0.